The molecule has 0 radical (unpaired) electrons. The maximum Gasteiger partial charge on any atom is 0.126 e. The highest BCUT2D eigenvalue weighted by Gasteiger charge is 2.23. The summed E-state index contributed by atoms with van der Waals surface area (Å²) in [5, 5.41) is 3.47. The molecule has 0 bridgehead atoms. The first-order valence-corrected chi connectivity index (χ1v) is 7.02. The molecule has 108 valence electrons. The van der Waals surface area contributed by atoms with Crippen LogP contribution in [0.4, 0.5) is 8.78 Å². The number of benzene rings is 1. The Labute approximate surface area is 115 Å². The minimum absolute atomic E-state index is 0.177. The summed E-state index contributed by atoms with van der Waals surface area (Å²) < 4.78 is 26.6. The molecule has 19 heavy (non-hydrogen) atoms. The summed E-state index contributed by atoms with van der Waals surface area (Å²) >= 11 is 0. The summed E-state index contributed by atoms with van der Waals surface area (Å²) in [7, 11) is 0. The Kier molecular flexibility index (Phi) is 5.92. The first-order chi connectivity index (χ1) is 8.84. The van der Waals surface area contributed by atoms with Crippen LogP contribution in [-0.2, 0) is 6.42 Å². The molecular weight excluding hydrogens is 244 g/mol. The highest BCUT2D eigenvalue weighted by atomic mass is 19.1. The lowest BCUT2D eigenvalue weighted by Gasteiger charge is -2.31. The molecule has 0 saturated heterocycles. The Morgan fingerprint density at radius 1 is 1.21 bits per heavy atom. The Balaban J connectivity index is 2.54. The molecule has 1 unspecified atom stereocenters. The number of hydrogen-bond donors (Lipinski definition) is 1. The molecule has 0 spiro atoms. The van der Waals surface area contributed by atoms with Crippen molar-refractivity contribution >= 4 is 0 Å². The molecule has 1 nitrogen and oxygen atoms in total. The van der Waals surface area contributed by atoms with Gasteiger partial charge in [0.1, 0.15) is 11.6 Å². The van der Waals surface area contributed by atoms with Crippen LogP contribution in [0, 0.1) is 17.0 Å². The Morgan fingerprint density at radius 2 is 1.89 bits per heavy atom. The third kappa shape index (κ3) is 5.27. The van der Waals surface area contributed by atoms with E-state index in [1.165, 1.54) is 12.1 Å². The lowest BCUT2D eigenvalue weighted by Crippen LogP contribution is -2.40. The second-order valence-electron chi connectivity index (χ2n) is 6.10. The van der Waals surface area contributed by atoms with Gasteiger partial charge < -0.3 is 5.32 Å². The molecule has 1 aromatic carbocycles. The van der Waals surface area contributed by atoms with E-state index in [0.29, 0.717) is 18.0 Å². The summed E-state index contributed by atoms with van der Waals surface area (Å²) in [5.74, 6) is -0.674. The maximum atomic E-state index is 13.5. The molecule has 1 atom stereocenters. The zero-order valence-corrected chi connectivity index (χ0v) is 12.4. The van der Waals surface area contributed by atoms with Crippen LogP contribution in [0.15, 0.2) is 18.2 Å². The first-order valence-electron chi connectivity index (χ1n) is 7.02. The van der Waals surface area contributed by atoms with Gasteiger partial charge in [-0.05, 0) is 55.0 Å². The predicted molar refractivity (Wildman–Crippen MR) is 76.2 cm³/mol. The smallest absolute Gasteiger partial charge is 0.126 e. The molecule has 0 aliphatic carbocycles. The molecule has 0 heterocycles. The van der Waals surface area contributed by atoms with Gasteiger partial charge in [-0.2, -0.15) is 0 Å². The summed E-state index contributed by atoms with van der Waals surface area (Å²) in [4.78, 5) is 0. The quantitative estimate of drug-likeness (QED) is 0.811. The van der Waals surface area contributed by atoms with Crippen LogP contribution in [0.5, 0.6) is 0 Å². The van der Waals surface area contributed by atoms with E-state index in [4.69, 9.17) is 0 Å². The molecule has 0 saturated carbocycles. The maximum absolute atomic E-state index is 13.5. The van der Waals surface area contributed by atoms with Crippen LogP contribution in [0.25, 0.3) is 0 Å². The van der Waals surface area contributed by atoms with Crippen molar-refractivity contribution in [1.82, 2.24) is 5.32 Å². The normalized spacial score (nSPS) is 13.6. The van der Waals surface area contributed by atoms with Crippen molar-refractivity contribution in [2.45, 2.75) is 53.0 Å². The van der Waals surface area contributed by atoms with E-state index in [1.54, 1.807) is 0 Å². The molecule has 1 N–H and O–H groups in total. The van der Waals surface area contributed by atoms with E-state index >= 15 is 0 Å². The van der Waals surface area contributed by atoms with E-state index in [1.807, 2.05) is 0 Å². The lowest BCUT2D eigenvalue weighted by molar-refractivity contribution is 0.254. The molecular formula is C16H25F2N. The van der Waals surface area contributed by atoms with Gasteiger partial charge >= 0.3 is 0 Å². The predicted octanol–water partition coefficient (Wildman–Crippen LogP) is 4.31. The van der Waals surface area contributed by atoms with Gasteiger partial charge in [0, 0.05) is 6.04 Å². The van der Waals surface area contributed by atoms with Crippen LogP contribution in [0.3, 0.4) is 0 Å². The first kappa shape index (κ1) is 16.1. The van der Waals surface area contributed by atoms with Crippen molar-refractivity contribution in [3.63, 3.8) is 0 Å². The van der Waals surface area contributed by atoms with Gasteiger partial charge in [0.25, 0.3) is 0 Å². The van der Waals surface area contributed by atoms with Crippen LogP contribution in [0.2, 0.25) is 0 Å². The molecule has 0 fully saturated rings. The number of aryl methyl sites for hydroxylation is 1. The van der Waals surface area contributed by atoms with E-state index in [0.717, 1.165) is 25.5 Å². The monoisotopic (exact) mass is 269 g/mol. The second kappa shape index (κ2) is 6.99. The topological polar surface area (TPSA) is 12.0 Å². The largest absolute Gasteiger partial charge is 0.314 e. The van der Waals surface area contributed by atoms with Crippen molar-refractivity contribution < 1.29 is 8.78 Å². The molecule has 3 heteroatoms. The number of nitrogens with one attached hydrogen (secondary N) is 1. The number of hydrogen-bond acceptors (Lipinski definition) is 1. The van der Waals surface area contributed by atoms with Crippen LogP contribution < -0.4 is 5.32 Å². The van der Waals surface area contributed by atoms with Crippen LogP contribution in [-0.4, -0.2) is 12.6 Å². The Bertz CT molecular complexity index is 396. The van der Waals surface area contributed by atoms with E-state index in [-0.39, 0.29) is 17.0 Å². The number of rotatable bonds is 6. The van der Waals surface area contributed by atoms with Crippen molar-refractivity contribution in [3.8, 4) is 0 Å². The zero-order valence-electron chi connectivity index (χ0n) is 12.4. The van der Waals surface area contributed by atoms with E-state index in [9.17, 15) is 8.78 Å². The summed E-state index contributed by atoms with van der Waals surface area (Å²) in [6.45, 7) is 9.61. The highest BCUT2D eigenvalue weighted by Crippen LogP contribution is 2.24. The highest BCUT2D eigenvalue weighted by molar-refractivity contribution is 5.18. The molecule has 1 aromatic rings. The molecule has 1 rings (SSSR count). The fourth-order valence-electron chi connectivity index (χ4n) is 2.32. The molecule has 0 amide bonds. The molecule has 0 aromatic heterocycles. The average Bonchev–Trinajstić information content (AvgIpc) is 2.31. The van der Waals surface area contributed by atoms with Gasteiger partial charge in [-0.25, -0.2) is 8.78 Å². The lowest BCUT2D eigenvalue weighted by atomic mass is 9.83. The van der Waals surface area contributed by atoms with Gasteiger partial charge in [-0.15, -0.1) is 0 Å². The van der Waals surface area contributed by atoms with E-state index in [2.05, 4.69) is 33.0 Å². The standard InChI is InChI=1S/C16H25F2N/c1-5-19-15(16(2,3)4)8-6-7-12-11-13(17)9-10-14(12)18/h9-11,15,19H,5-8H2,1-4H3. The minimum Gasteiger partial charge on any atom is -0.314 e. The van der Waals surface area contributed by atoms with Crippen molar-refractivity contribution in [2.24, 2.45) is 5.41 Å². The molecule has 0 aliphatic rings. The molecule has 0 aliphatic heterocycles. The fourth-order valence-corrected chi connectivity index (χ4v) is 2.32. The Hall–Kier alpha value is -0.960. The second-order valence-corrected chi connectivity index (χ2v) is 6.10. The summed E-state index contributed by atoms with van der Waals surface area (Å²) in [6.07, 6.45) is 2.41. The van der Waals surface area contributed by atoms with Crippen molar-refractivity contribution in [3.05, 3.63) is 35.4 Å². The van der Waals surface area contributed by atoms with Crippen LogP contribution >= 0.6 is 0 Å². The van der Waals surface area contributed by atoms with E-state index < -0.39 is 0 Å². The third-order valence-electron chi connectivity index (χ3n) is 3.44. The number of halogens is 2. The fraction of sp³-hybridized carbons (Fsp3) is 0.625. The SMILES string of the molecule is CCNC(CCCc1cc(F)ccc1F)C(C)(C)C. The zero-order chi connectivity index (χ0) is 14.5. The van der Waals surface area contributed by atoms with Gasteiger partial charge in [0.05, 0.1) is 0 Å². The minimum atomic E-state index is -0.365. The van der Waals surface area contributed by atoms with Crippen molar-refractivity contribution in [2.75, 3.05) is 6.54 Å². The van der Waals surface area contributed by atoms with Gasteiger partial charge in [-0.3, -0.25) is 0 Å². The van der Waals surface area contributed by atoms with Crippen LogP contribution in [0.1, 0.15) is 46.1 Å². The summed E-state index contributed by atoms with van der Waals surface area (Å²) in [5.41, 5.74) is 0.653. The average molecular weight is 269 g/mol. The van der Waals surface area contributed by atoms with Gasteiger partial charge in [0.2, 0.25) is 0 Å². The summed E-state index contributed by atoms with van der Waals surface area (Å²) in [6, 6.07) is 4.06. The Morgan fingerprint density at radius 3 is 2.47 bits per heavy atom. The third-order valence-corrected chi connectivity index (χ3v) is 3.44. The van der Waals surface area contributed by atoms with Crippen molar-refractivity contribution in [1.29, 1.82) is 0 Å². The van der Waals surface area contributed by atoms with Gasteiger partial charge in [-0.1, -0.05) is 27.7 Å². The van der Waals surface area contributed by atoms with Gasteiger partial charge in [0.15, 0.2) is 0 Å².